The predicted molar refractivity (Wildman–Crippen MR) is 113 cm³/mol. The minimum atomic E-state index is -0.277. The molecule has 2 aromatic carbocycles. The third-order valence-corrected chi connectivity index (χ3v) is 4.09. The zero-order valence-electron chi connectivity index (χ0n) is 16.4. The Morgan fingerprint density at radius 2 is 1.86 bits per heavy atom. The maximum Gasteiger partial charge on any atom is 0.319 e. The number of amides is 2. The maximum atomic E-state index is 12.2. The van der Waals surface area contributed by atoms with Gasteiger partial charge in [-0.15, -0.1) is 0 Å². The Hall–Kier alpha value is -3.54. The van der Waals surface area contributed by atoms with Crippen molar-refractivity contribution in [1.29, 1.82) is 0 Å². The number of ether oxygens (including phenoxy) is 2. The molecule has 0 spiro atoms. The third kappa shape index (κ3) is 6.84. The number of unbranched alkanes of at least 4 members (excludes halogenated alkanes) is 1. The van der Waals surface area contributed by atoms with Crippen molar-refractivity contribution in [2.75, 3.05) is 11.9 Å². The van der Waals surface area contributed by atoms with E-state index in [0.717, 1.165) is 24.2 Å². The lowest BCUT2D eigenvalue weighted by Gasteiger charge is -2.10. The first-order valence-electron chi connectivity index (χ1n) is 9.68. The van der Waals surface area contributed by atoms with Gasteiger partial charge in [-0.1, -0.05) is 31.5 Å². The molecule has 0 atom stereocenters. The summed E-state index contributed by atoms with van der Waals surface area (Å²) in [5.74, 6) is 1.99. The molecule has 0 aliphatic rings. The average molecular weight is 391 g/mol. The number of carbonyl (C=O) groups is 1. The summed E-state index contributed by atoms with van der Waals surface area (Å²) in [5, 5.41) is 5.66. The number of anilines is 1. The van der Waals surface area contributed by atoms with E-state index in [1.807, 2.05) is 60.7 Å². The molecule has 0 fully saturated rings. The van der Waals surface area contributed by atoms with E-state index in [0.29, 0.717) is 30.5 Å². The van der Waals surface area contributed by atoms with Gasteiger partial charge >= 0.3 is 6.03 Å². The molecule has 0 aliphatic heterocycles. The Morgan fingerprint density at radius 3 is 2.62 bits per heavy atom. The largest absolute Gasteiger partial charge is 0.494 e. The molecular weight excluding hydrogens is 366 g/mol. The molecule has 0 saturated carbocycles. The molecule has 0 aliphatic carbocycles. The number of carbonyl (C=O) groups excluding carboxylic acids is 1. The number of nitrogens with one attached hydrogen (secondary N) is 2. The number of hydrogen-bond acceptors (Lipinski definition) is 4. The highest BCUT2D eigenvalue weighted by atomic mass is 16.5. The van der Waals surface area contributed by atoms with E-state index < -0.39 is 0 Å². The molecule has 2 amide bonds. The molecule has 0 radical (unpaired) electrons. The smallest absolute Gasteiger partial charge is 0.319 e. The topological polar surface area (TPSA) is 72.5 Å². The fraction of sp³-hybridized carbons (Fsp3) is 0.217. The summed E-state index contributed by atoms with van der Waals surface area (Å²) < 4.78 is 11.3. The molecule has 6 nitrogen and oxygen atoms in total. The van der Waals surface area contributed by atoms with Crippen molar-refractivity contribution in [3.05, 3.63) is 78.5 Å². The lowest BCUT2D eigenvalue weighted by molar-refractivity contribution is 0.251. The first kappa shape index (κ1) is 20.2. The Labute approximate surface area is 170 Å². The van der Waals surface area contributed by atoms with Crippen LogP contribution < -0.4 is 20.1 Å². The van der Waals surface area contributed by atoms with E-state index >= 15 is 0 Å². The molecule has 3 rings (SSSR count). The van der Waals surface area contributed by atoms with E-state index in [2.05, 4.69) is 22.5 Å². The summed E-state index contributed by atoms with van der Waals surface area (Å²) in [5.41, 5.74) is 1.63. The van der Waals surface area contributed by atoms with Crippen LogP contribution in [-0.2, 0) is 6.54 Å². The Kier molecular flexibility index (Phi) is 7.46. The summed E-state index contributed by atoms with van der Waals surface area (Å²) in [6.07, 6.45) is 3.80. The summed E-state index contributed by atoms with van der Waals surface area (Å²) in [6.45, 7) is 3.20. The quantitative estimate of drug-likeness (QED) is 0.481. The van der Waals surface area contributed by atoms with Crippen molar-refractivity contribution in [1.82, 2.24) is 10.3 Å². The first-order chi connectivity index (χ1) is 14.2. The predicted octanol–water partition coefficient (Wildman–Crippen LogP) is 5.37. The fourth-order valence-corrected chi connectivity index (χ4v) is 2.57. The highest BCUT2D eigenvalue weighted by Crippen LogP contribution is 2.20. The normalized spacial score (nSPS) is 10.2. The van der Waals surface area contributed by atoms with Crippen LogP contribution in [0, 0.1) is 0 Å². The molecule has 1 heterocycles. The minimum absolute atomic E-state index is 0.277. The van der Waals surface area contributed by atoms with E-state index in [1.54, 1.807) is 12.3 Å². The zero-order valence-corrected chi connectivity index (χ0v) is 16.4. The minimum Gasteiger partial charge on any atom is -0.494 e. The van der Waals surface area contributed by atoms with Crippen LogP contribution in [-0.4, -0.2) is 17.6 Å². The summed E-state index contributed by atoms with van der Waals surface area (Å²) in [4.78, 5) is 16.3. The second-order valence-electron chi connectivity index (χ2n) is 6.45. The third-order valence-electron chi connectivity index (χ3n) is 4.09. The fourth-order valence-electron chi connectivity index (χ4n) is 2.57. The highest BCUT2D eigenvalue weighted by Gasteiger charge is 2.04. The second-order valence-corrected chi connectivity index (χ2v) is 6.45. The number of pyridine rings is 1. The first-order valence-corrected chi connectivity index (χ1v) is 9.68. The molecule has 0 bridgehead atoms. The molecule has 1 aromatic heterocycles. The van der Waals surface area contributed by atoms with E-state index in [-0.39, 0.29) is 6.03 Å². The van der Waals surface area contributed by atoms with Crippen LogP contribution in [0.1, 0.15) is 25.3 Å². The van der Waals surface area contributed by atoms with E-state index in [9.17, 15) is 4.79 Å². The van der Waals surface area contributed by atoms with Gasteiger partial charge in [-0.3, -0.25) is 0 Å². The van der Waals surface area contributed by atoms with Gasteiger partial charge in [-0.25, -0.2) is 9.78 Å². The number of aromatic nitrogens is 1. The lowest BCUT2D eigenvalue weighted by atomic mass is 10.2. The lowest BCUT2D eigenvalue weighted by Crippen LogP contribution is -2.28. The van der Waals surface area contributed by atoms with Crippen molar-refractivity contribution in [2.24, 2.45) is 0 Å². The molecule has 2 N–H and O–H groups in total. The van der Waals surface area contributed by atoms with Gasteiger partial charge in [0.2, 0.25) is 5.88 Å². The number of nitrogens with zero attached hydrogens (tertiary/aromatic N) is 1. The van der Waals surface area contributed by atoms with E-state index in [1.165, 1.54) is 0 Å². The zero-order chi connectivity index (χ0) is 20.3. The van der Waals surface area contributed by atoms with Gasteiger partial charge in [0.1, 0.15) is 11.5 Å². The standard InChI is InChI=1S/C23H25N3O3/c1-2-3-15-28-20-12-10-19(11-13-20)26-23(27)25-17-18-7-6-8-21(16-18)29-22-9-4-5-14-24-22/h4-14,16H,2-3,15,17H2,1H3,(H2,25,26,27). The van der Waals surface area contributed by atoms with Crippen LogP contribution in [0.4, 0.5) is 10.5 Å². The van der Waals surface area contributed by atoms with Crippen LogP contribution in [0.25, 0.3) is 0 Å². The van der Waals surface area contributed by atoms with Gasteiger partial charge in [0.05, 0.1) is 6.61 Å². The molecule has 150 valence electrons. The second kappa shape index (κ2) is 10.7. The van der Waals surface area contributed by atoms with Crippen molar-refractivity contribution in [3.63, 3.8) is 0 Å². The molecule has 29 heavy (non-hydrogen) atoms. The van der Waals surface area contributed by atoms with Crippen LogP contribution in [0.2, 0.25) is 0 Å². The maximum absolute atomic E-state index is 12.2. The molecule has 0 saturated heterocycles. The Bertz CT molecular complexity index is 899. The van der Waals surface area contributed by atoms with Crippen molar-refractivity contribution < 1.29 is 14.3 Å². The Morgan fingerprint density at radius 1 is 1.00 bits per heavy atom. The van der Waals surface area contributed by atoms with Gasteiger partial charge < -0.3 is 20.1 Å². The van der Waals surface area contributed by atoms with E-state index in [4.69, 9.17) is 9.47 Å². The van der Waals surface area contributed by atoms with Crippen LogP contribution in [0.15, 0.2) is 72.9 Å². The number of hydrogen-bond donors (Lipinski definition) is 2. The Balaban J connectivity index is 1.47. The number of urea groups is 1. The van der Waals surface area contributed by atoms with Crippen molar-refractivity contribution in [2.45, 2.75) is 26.3 Å². The van der Waals surface area contributed by atoms with Gasteiger partial charge in [0, 0.05) is 24.5 Å². The van der Waals surface area contributed by atoms with Gasteiger partial charge in [-0.2, -0.15) is 0 Å². The van der Waals surface area contributed by atoms with Crippen LogP contribution in [0.5, 0.6) is 17.4 Å². The summed E-state index contributed by atoms with van der Waals surface area (Å²) in [7, 11) is 0. The van der Waals surface area contributed by atoms with Crippen LogP contribution >= 0.6 is 0 Å². The molecule has 6 heteroatoms. The van der Waals surface area contributed by atoms with Crippen LogP contribution in [0.3, 0.4) is 0 Å². The van der Waals surface area contributed by atoms with Crippen molar-refractivity contribution >= 4 is 11.7 Å². The van der Waals surface area contributed by atoms with Crippen molar-refractivity contribution in [3.8, 4) is 17.4 Å². The van der Waals surface area contributed by atoms with Gasteiger partial charge in [0.25, 0.3) is 0 Å². The number of rotatable bonds is 9. The van der Waals surface area contributed by atoms with Gasteiger partial charge in [0.15, 0.2) is 0 Å². The summed E-state index contributed by atoms with van der Waals surface area (Å²) >= 11 is 0. The highest BCUT2D eigenvalue weighted by molar-refractivity contribution is 5.89. The van der Waals surface area contributed by atoms with Gasteiger partial charge in [-0.05, 0) is 54.4 Å². The number of benzene rings is 2. The monoisotopic (exact) mass is 391 g/mol. The molecule has 0 unspecified atom stereocenters. The summed E-state index contributed by atoms with van der Waals surface area (Å²) in [6, 6.07) is 20.1. The molecule has 3 aromatic rings. The molecular formula is C23H25N3O3. The average Bonchev–Trinajstić information content (AvgIpc) is 2.75. The SMILES string of the molecule is CCCCOc1ccc(NC(=O)NCc2cccc(Oc3ccccn3)c2)cc1.